The van der Waals surface area contributed by atoms with Gasteiger partial charge in [0, 0.05) is 19.1 Å². The fourth-order valence-corrected chi connectivity index (χ4v) is 3.75. The smallest absolute Gasteiger partial charge is 0.167 e. The maximum absolute atomic E-state index is 11.0. The molecule has 0 spiro atoms. The minimum absolute atomic E-state index is 0.200. The molecule has 4 rings (SSSR count). The fraction of sp³-hybridized carbons (Fsp3) is 0.450. The molecule has 0 amide bonds. The van der Waals surface area contributed by atoms with Gasteiger partial charge >= 0.3 is 0 Å². The molecule has 0 bridgehead atoms. The summed E-state index contributed by atoms with van der Waals surface area (Å²) in [6, 6.07) is 10.1. The highest BCUT2D eigenvalue weighted by atomic mass is 16.5. The molecule has 9 nitrogen and oxygen atoms in total. The van der Waals surface area contributed by atoms with E-state index in [1.807, 2.05) is 18.2 Å². The van der Waals surface area contributed by atoms with Crippen molar-refractivity contribution in [3.63, 3.8) is 0 Å². The third-order valence-corrected chi connectivity index (χ3v) is 5.08. The van der Waals surface area contributed by atoms with Gasteiger partial charge in [-0.05, 0) is 5.56 Å². The van der Waals surface area contributed by atoms with Crippen molar-refractivity contribution in [1.29, 1.82) is 0 Å². The summed E-state index contributed by atoms with van der Waals surface area (Å²) in [6.07, 6.45) is 1.37. The second-order valence-corrected chi connectivity index (χ2v) is 7.60. The van der Waals surface area contributed by atoms with E-state index in [9.17, 15) is 5.11 Å². The highest BCUT2D eigenvalue weighted by Crippen LogP contribution is 2.32. The minimum atomic E-state index is -0.769. The van der Waals surface area contributed by atoms with Crippen molar-refractivity contribution in [2.45, 2.75) is 50.9 Å². The number of nitrogens with one attached hydrogen (secondary N) is 2. The average molecular weight is 397 g/mol. The molecule has 3 heterocycles. The second kappa shape index (κ2) is 8.42. The maximum Gasteiger partial charge on any atom is 0.167 e. The molecule has 1 fully saturated rings. The molecule has 0 radical (unpaired) electrons. The van der Waals surface area contributed by atoms with Gasteiger partial charge in [-0.1, -0.05) is 44.2 Å². The van der Waals surface area contributed by atoms with E-state index in [4.69, 9.17) is 10.5 Å². The van der Waals surface area contributed by atoms with Crippen molar-refractivity contribution in [2.24, 2.45) is 0 Å². The fourth-order valence-electron chi connectivity index (χ4n) is 3.75. The number of aliphatic hydroxyl groups excluding tert-OH is 1. The Hall–Kier alpha value is -2.59. The molecular formula is C20H27N7O2. The van der Waals surface area contributed by atoms with Gasteiger partial charge in [0.25, 0.3) is 0 Å². The van der Waals surface area contributed by atoms with Crippen LogP contribution in [0.5, 0.6) is 0 Å². The molecule has 1 saturated heterocycles. The Bertz CT molecular complexity index is 946. The van der Waals surface area contributed by atoms with Crippen molar-refractivity contribution in [3.8, 4) is 0 Å². The van der Waals surface area contributed by atoms with Gasteiger partial charge in [-0.25, -0.2) is 15.0 Å². The van der Waals surface area contributed by atoms with Crippen LogP contribution >= 0.6 is 0 Å². The lowest BCUT2D eigenvalue weighted by atomic mass is 10.1. The van der Waals surface area contributed by atoms with Crippen LogP contribution in [0, 0.1) is 0 Å². The van der Waals surface area contributed by atoms with Crippen LogP contribution in [-0.4, -0.2) is 55.5 Å². The second-order valence-electron chi connectivity index (χ2n) is 7.60. The number of imidazole rings is 1. The van der Waals surface area contributed by atoms with Gasteiger partial charge < -0.3 is 26.2 Å². The molecule has 0 unspecified atom stereocenters. The quantitative estimate of drug-likeness (QED) is 0.462. The Morgan fingerprint density at radius 2 is 2.00 bits per heavy atom. The highest BCUT2D eigenvalue weighted by Gasteiger charge is 2.45. The zero-order chi connectivity index (χ0) is 20.4. The maximum atomic E-state index is 11.0. The van der Waals surface area contributed by atoms with Gasteiger partial charge in [0.05, 0.1) is 18.5 Å². The lowest BCUT2D eigenvalue weighted by Gasteiger charge is -2.24. The van der Waals surface area contributed by atoms with Crippen LogP contribution in [0.25, 0.3) is 11.2 Å². The number of nitrogens with two attached hydrogens (primary N) is 1. The zero-order valence-electron chi connectivity index (χ0n) is 16.6. The number of fused-ring (bicyclic) bond motifs is 1. The van der Waals surface area contributed by atoms with Gasteiger partial charge in [0.2, 0.25) is 0 Å². The summed E-state index contributed by atoms with van der Waals surface area (Å²) in [5.41, 5.74) is 8.14. The number of nitrogens with zero attached hydrogens (tertiary/aromatic N) is 4. The molecule has 1 aromatic carbocycles. The zero-order valence-corrected chi connectivity index (χ0v) is 16.6. The van der Waals surface area contributed by atoms with Gasteiger partial charge in [-0.2, -0.15) is 0 Å². The van der Waals surface area contributed by atoms with Crippen LogP contribution in [0.4, 0.5) is 5.82 Å². The van der Waals surface area contributed by atoms with E-state index < -0.39 is 12.3 Å². The third-order valence-electron chi connectivity index (χ3n) is 5.08. The normalized spacial score (nSPS) is 24.6. The molecule has 29 heavy (non-hydrogen) atoms. The van der Waals surface area contributed by atoms with Gasteiger partial charge in [0.15, 0.2) is 17.7 Å². The number of benzene rings is 1. The van der Waals surface area contributed by atoms with Crippen molar-refractivity contribution in [3.05, 3.63) is 48.5 Å². The number of aromatic nitrogens is 4. The number of anilines is 1. The summed E-state index contributed by atoms with van der Waals surface area (Å²) in [7, 11) is 0. The molecule has 1 aliphatic rings. The van der Waals surface area contributed by atoms with E-state index in [2.05, 4.69) is 51.6 Å². The Kier molecular flexibility index (Phi) is 5.72. The number of ether oxygens (including phenoxy) is 1. The number of aliphatic hydroxyl groups is 1. The lowest BCUT2D eigenvalue weighted by molar-refractivity contribution is -0.0342. The summed E-state index contributed by atoms with van der Waals surface area (Å²) in [4.78, 5) is 12.5. The first-order chi connectivity index (χ1) is 14.0. The first-order valence-corrected chi connectivity index (χ1v) is 9.82. The van der Waals surface area contributed by atoms with Crippen LogP contribution in [0.2, 0.25) is 0 Å². The van der Waals surface area contributed by atoms with E-state index in [0.29, 0.717) is 23.5 Å². The van der Waals surface area contributed by atoms with Crippen LogP contribution in [0.15, 0.2) is 43.0 Å². The average Bonchev–Trinajstić information content (AvgIpc) is 3.26. The topological polar surface area (TPSA) is 123 Å². The molecule has 9 heteroatoms. The predicted molar refractivity (Wildman–Crippen MR) is 110 cm³/mol. The van der Waals surface area contributed by atoms with Gasteiger partial charge in [0.1, 0.15) is 17.9 Å². The molecule has 2 aromatic heterocycles. The molecule has 0 saturated carbocycles. The monoisotopic (exact) mass is 397 g/mol. The summed E-state index contributed by atoms with van der Waals surface area (Å²) >= 11 is 0. The van der Waals surface area contributed by atoms with E-state index in [0.717, 1.165) is 6.54 Å². The Morgan fingerprint density at radius 3 is 2.76 bits per heavy atom. The Morgan fingerprint density at radius 1 is 1.21 bits per heavy atom. The van der Waals surface area contributed by atoms with E-state index in [-0.39, 0.29) is 18.2 Å². The summed E-state index contributed by atoms with van der Waals surface area (Å²) in [5.74, 6) is 0.305. The Balaban J connectivity index is 1.52. The number of hydrogen-bond acceptors (Lipinski definition) is 8. The van der Waals surface area contributed by atoms with Gasteiger partial charge in [-0.3, -0.25) is 4.57 Å². The highest BCUT2D eigenvalue weighted by molar-refractivity contribution is 5.81. The molecule has 154 valence electrons. The predicted octanol–water partition coefficient (Wildman–Crippen LogP) is 0.823. The van der Waals surface area contributed by atoms with Crippen LogP contribution in [0.1, 0.15) is 25.6 Å². The molecule has 4 atom stereocenters. The number of hydrogen-bond donors (Lipinski definition) is 4. The van der Waals surface area contributed by atoms with Crippen LogP contribution in [0.3, 0.4) is 0 Å². The van der Waals surface area contributed by atoms with E-state index in [1.54, 1.807) is 10.9 Å². The van der Waals surface area contributed by atoms with E-state index >= 15 is 0 Å². The summed E-state index contributed by atoms with van der Waals surface area (Å²) < 4.78 is 7.99. The van der Waals surface area contributed by atoms with Gasteiger partial charge in [-0.15, -0.1) is 0 Å². The van der Waals surface area contributed by atoms with Crippen molar-refractivity contribution < 1.29 is 9.84 Å². The molecule has 3 aromatic rings. The van der Waals surface area contributed by atoms with Crippen LogP contribution < -0.4 is 16.4 Å². The lowest BCUT2D eigenvalue weighted by Crippen LogP contribution is -2.50. The third kappa shape index (κ3) is 4.08. The van der Waals surface area contributed by atoms with Crippen LogP contribution in [-0.2, 0) is 11.3 Å². The van der Waals surface area contributed by atoms with Crippen molar-refractivity contribution in [2.75, 3.05) is 12.3 Å². The van der Waals surface area contributed by atoms with E-state index in [1.165, 1.54) is 11.9 Å². The summed E-state index contributed by atoms with van der Waals surface area (Å²) in [6.45, 7) is 5.42. The Labute approximate surface area is 169 Å². The SMILES string of the molecule is CC(C)N[C@H]1[C@@H](O)[C@H](n2cnc3c(N)ncnc32)O[C@@H]1CNCc1ccccc1. The number of rotatable bonds is 7. The largest absolute Gasteiger partial charge is 0.387 e. The van der Waals surface area contributed by atoms with Crippen molar-refractivity contribution in [1.82, 2.24) is 30.2 Å². The molecule has 0 aliphatic carbocycles. The molecule has 5 N–H and O–H groups in total. The van der Waals surface area contributed by atoms with Crippen molar-refractivity contribution >= 4 is 17.0 Å². The first kappa shape index (κ1) is 19.7. The summed E-state index contributed by atoms with van der Waals surface area (Å²) in [5, 5.41) is 17.9. The number of nitrogen functional groups attached to an aromatic ring is 1. The minimum Gasteiger partial charge on any atom is -0.387 e. The first-order valence-electron chi connectivity index (χ1n) is 9.82. The molecule has 1 aliphatic heterocycles. The molecular weight excluding hydrogens is 370 g/mol. The standard InChI is InChI=1S/C20H27N7O2/c1-12(2)26-15-14(9-22-8-13-6-4-3-5-7-13)29-20(17(15)28)27-11-25-16-18(21)23-10-24-19(16)27/h3-7,10-12,14-15,17,20,22,26,28H,8-9H2,1-2H3,(H2,21,23,24)/t14-,15-,17-,20-/m1/s1.